The maximum absolute atomic E-state index is 9.96. The molecule has 0 radical (unpaired) electrons. The van der Waals surface area contributed by atoms with Gasteiger partial charge in [0.1, 0.15) is 5.65 Å². The number of likely N-dealkylation sites (tertiary alicyclic amines) is 1. The highest BCUT2D eigenvalue weighted by Crippen LogP contribution is 2.34. The van der Waals surface area contributed by atoms with Gasteiger partial charge in [0.2, 0.25) is 0 Å². The maximum Gasteiger partial charge on any atom is 0.138 e. The van der Waals surface area contributed by atoms with Gasteiger partial charge in [0.15, 0.2) is 0 Å². The van der Waals surface area contributed by atoms with E-state index in [9.17, 15) is 5.26 Å². The van der Waals surface area contributed by atoms with E-state index in [4.69, 9.17) is 0 Å². The van der Waals surface area contributed by atoms with Gasteiger partial charge in [-0.2, -0.15) is 5.26 Å². The van der Waals surface area contributed by atoms with Crippen LogP contribution in [0.5, 0.6) is 0 Å². The minimum Gasteiger partial charge on any atom is -0.339 e. The lowest BCUT2D eigenvalue weighted by molar-refractivity contribution is 0.221. The van der Waals surface area contributed by atoms with Crippen LogP contribution in [-0.4, -0.2) is 28.0 Å². The third-order valence-corrected chi connectivity index (χ3v) is 8.40. The number of pyridine rings is 1. The van der Waals surface area contributed by atoms with Crippen molar-refractivity contribution in [2.45, 2.75) is 64.3 Å². The van der Waals surface area contributed by atoms with Crippen molar-refractivity contribution in [2.24, 2.45) is 5.92 Å². The lowest BCUT2D eigenvalue weighted by Gasteiger charge is -2.26. The fourth-order valence-corrected chi connectivity index (χ4v) is 6.38. The smallest absolute Gasteiger partial charge is 0.138 e. The van der Waals surface area contributed by atoms with Gasteiger partial charge in [0.05, 0.1) is 11.6 Å². The van der Waals surface area contributed by atoms with Gasteiger partial charge < -0.3 is 4.98 Å². The van der Waals surface area contributed by atoms with Gasteiger partial charge in [-0.15, -0.1) is 0 Å². The SMILES string of the molecule is N#Cc1cc(-c2ccnc3[nH]c(-c4cccc(CN5CCCCC5)c4)cc23)ccc1CC1CCCCC1. The zero-order valence-electron chi connectivity index (χ0n) is 21.7. The summed E-state index contributed by atoms with van der Waals surface area (Å²) in [6.07, 6.45) is 13.5. The second-order valence-corrected chi connectivity index (χ2v) is 11.0. The number of piperidine rings is 1. The molecule has 0 amide bonds. The van der Waals surface area contributed by atoms with Crippen molar-refractivity contribution in [2.75, 3.05) is 13.1 Å². The molecule has 2 aromatic carbocycles. The van der Waals surface area contributed by atoms with Gasteiger partial charge in [-0.05, 0) is 90.4 Å². The van der Waals surface area contributed by atoms with Gasteiger partial charge in [-0.3, -0.25) is 4.90 Å². The van der Waals surface area contributed by atoms with Crippen molar-refractivity contribution in [1.29, 1.82) is 5.26 Å². The summed E-state index contributed by atoms with van der Waals surface area (Å²) in [5, 5.41) is 11.1. The maximum atomic E-state index is 9.96. The van der Waals surface area contributed by atoms with Crippen LogP contribution in [0.25, 0.3) is 33.4 Å². The van der Waals surface area contributed by atoms with Gasteiger partial charge >= 0.3 is 0 Å². The molecule has 0 bridgehead atoms. The molecule has 188 valence electrons. The standard InChI is InChI=1S/C33H36N4/c34-22-29-20-27(13-12-26(29)18-24-8-3-1-4-9-24)30-14-15-35-33-31(30)21-32(36-33)28-11-7-10-25(19-28)23-37-16-5-2-6-17-37/h7,10-15,19-21,24H,1-6,8-9,16-18,23H2,(H,35,36). The molecule has 1 N–H and O–H groups in total. The molecule has 3 heterocycles. The number of aromatic amines is 1. The lowest BCUT2D eigenvalue weighted by atomic mass is 9.83. The molecule has 4 nitrogen and oxygen atoms in total. The molecule has 0 spiro atoms. The zero-order chi connectivity index (χ0) is 25.0. The van der Waals surface area contributed by atoms with Crippen LogP contribution in [0, 0.1) is 17.2 Å². The number of H-pyrrole nitrogens is 1. The van der Waals surface area contributed by atoms with Gasteiger partial charge in [-0.25, -0.2) is 4.98 Å². The van der Waals surface area contributed by atoms with Crippen LogP contribution in [0.4, 0.5) is 0 Å². The Labute approximate surface area is 220 Å². The first kappa shape index (κ1) is 23.9. The summed E-state index contributed by atoms with van der Waals surface area (Å²) in [7, 11) is 0. The second-order valence-electron chi connectivity index (χ2n) is 11.0. The van der Waals surface area contributed by atoms with E-state index in [1.807, 2.05) is 6.20 Å². The molecule has 1 saturated carbocycles. The molecule has 1 saturated heterocycles. The molecule has 1 aliphatic heterocycles. The Balaban J connectivity index is 1.29. The molecule has 2 aromatic heterocycles. The van der Waals surface area contributed by atoms with Crippen molar-refractivity contribution in [1.82, 2.24) is 14.9 Å². The van der Waals surface area contributed by atoms with Crippen LogP contribution in [0.15, 0.2) is 60.8 Å². The monoisotopic (exact) mass is 488 g/mol. The third kappa shape index (κ3) is 5.33. The van der Waals surface area contributed by atoms with Crippen molar-refractivity contribution < 1.29 is 0 Å². The zero-order valence-corrected chi connectivity index (χ0v) is 21.7. The molecule has 6 rings (SSSR count). The molecular weight excluding hydrogens is 452 g/mol. The third-order valence-electron chi connectivity index (χ3n) is 8.40. The van der Waals surface area contributed by atoms with Crippen molar-refractivity contribution >= 4 is 11.0 Å². The lowest BCUT2D eigenvalue weighted by Crippen LogP contribution is -2.29. The summed E-state index contributed by atoms with van der Waals surface area (Å²) in [4.78, 5) is 10.8. The van der Waals surface area contributed by atoms with Gasteiger partial charge in [0, 0.05) is 23.8 Å². The largest absolute Gasteiger partial charge is 0.339 e. The number of nitrogens with one attached hydrogen (secondary N) is 1. The molecule has 0 atom stereocenters. The number of aromatic nitrogens is 2. The summed E-state index contributed by atoms with van der Waals surface area (Å²) in [6.45, 7) is 3.42. The molecule has 1 aliphatic carbocycles. The van der Waals surface area contributed by atoms with Crippen LogP contribution < -0.4 is 0 Å². The summed E-state index contributed by atoms with van der Waals surface area (Å²) in [6, 6.07) is 22.1. The molecule has 0 unspecified atom stereocenters. The first-order chi connectivity index (χ1) is 18.3. The second kappa shape index (κ2) is 10.9. The minimum atomic E-state index is 0.720. The van der Waals surface area contributed by atoms with E-state index >= 15 is 0 Å². The first-order valence-electron chi connectivity index (χ1n) is 14.1. The fraction of sp³-hybridized carbons (Fsp3) is 0.394. The van der Waals surface area contributed by atoms with Crippen LogP contribution in [0.1, 0.15) is 68.1 Å². The average Bonchev–Trinajstić information content (AvgIpc) is 3.39. The Morgan fingerprint density at radius 2 is 1.73 bits per heavy atom. The molecular formula is C33H36N4. The Bertz CT molecular complexity index is 1410. The summed E-state index contributed by atoms with van der Waals surface area (Å²) < 4.78 is 0. The molecule has 37 heavy (non-hydrogen) atoms. The van der Waals surface area contributed by atoms with E-state index in [-0.39, 0.29) is 0 Å². The Morgan fingerprint density at radius 3 is 2.57 bits per heavy atom. The fourth-order valence-electron chi connectivity index (χ4n) is 6.38. The number of hydrogen-bond acceptors (Lipinski definition) is 3. The number of nitrogens with zero attached hydrogens (tertiary/aromatic N) is 3. The van der Waals surface area contributed by atoms with E-state index in [1.54, 1.807) is 0 Å². The number of nitriles is 1. The summed E-state index contributed by atoms with van der Waals surface area (Å²) in [5.74, 6) is 0.720. The van der Waals surface area contributed by atoms with Crippen molar-refractivity contribution in [3.8, 4) is 28.5 Å². The number of rotatable bonds is 6. The molecule has 4 heteroatoms. The molecule has 2 aliphatic rings. The highest BCUT2D eigenvalue weighted by molar-refractivity contribution is 5.96. The van der Waals surface area contributed by atoms with Crippen LogP contribution in [0.3, 0.4) is 0 Å². The number of fused-ring (bicyclic) bond motifs is 1. The minimum absolute atomic E-state index is 0.720. The Morgan fingerprint density at radius 1 is 0.892 bits per heavy atom. The highest BCUT2D eigenvalue weighted by atomic mass is 15.1. The van der Waals surface area contributed by atoms with E-state index in [2.05, 4.69) is 75.5 Å². The Hall–Kier alpha value is -3.42. The predicted molar refractivity (Wildman–Crippen MR) is 151 cm³/mol. The van der Waals surface area contributed by atoms with Gasteiger partial charge in [0.25, 0.3) is 0 Å². The first-order valence-corrected chi connectivity index (χ1v) is 14.1. The van der Waals surface area contributed by atoms with Crippen molar-refractivity contribution in [3.63, 3.8) is 0 Å². The van der Waals surface area contributed by atoms with E-state index in [0.29, 0.717) is 0 Å². The summed E-state index contributed by atoms with van der Waals surface area (Å²) in [5.41, 5.74) is 8.75. The topological polar surface area (TPSA) is 55.7 Å². The Kier molecular flexibility index (Phi) is 7.06. The van der Waals surface area contributed by atoms with Crippen LogP contribution in [-0.2, 0) is 13.0 Å². The van der Waals surface area contributed by atoms with E-state index in [1.165, 1.54) is 81.1 Å². The number of hydrogen-bond donors (Lipinski definition) is 1. The number of benzene rings is 2. The van der Waals surface area contributed by atoms with Gasteiger partial charge in [-0.1, -0.05) is 68.9 Å². The van der Waals surface area contributed by atoms with Crippen LogP contribution in [0.2, 0.25) is 0 Å². The molecule has 4 aromatic rings. The summed E-state index contributed by atoms with van der Waals surface area (Å²) >= 11 is 0. The van der Waals surface area contributed by atoms with Crippen LogP contribution >= 0.6 is 0 Å². The average molecular weight is 489 g/mol. The quantitative estimate of drug-likeness (QED) is 0.300. The van der Waals surface area contributed by atoms with E-state index in [0.717, 1.165) is 52.3 Å². The predicted octanol–water partition coefficient (Wildman–Crippen LogP) is 7.88. The molecule has 2 fully saturated rings. The van der Waals surface area contributed by atoms with E-state index < -0.39 is 0 Å². The normalized spacial score (nSPS) is 17.2. The van der Waals surface area contributed by atoms with Crippen molar-refractivity contribution in [3.05, 3.63) is 77.5 Å². The highest BCUT2D eigenvalue weighted by Gasteiger charge is 2.17.